The van der Waals surface area contributed by atoms with Gasteiger partial charge in [0.1, 0.15) is 0 Å². The Bertz CT molecular complexity index is 674. The van der Waals surface area contributed by atoms with Gasteiger partial charge in [0.05, 0.1) is 4.90 Å². The van der Waals surface area contributed by atoms with E-state index in [2.05, 4.69) is 20.7 Å². The molecule has 88 valence electrons. The van der Waals surface area contributed by atoms with Crippen molar-refractivity contribution in [1.82, 2.24) is 4.72 Å². The van der Waals surface area contributed by atoms with Crippen molar-refractivity contribution in [1.29, 1.82) is 0 Å². The maximum atomic E-state index is 11.6. The summed E-state index contributed by atoms with van der Waals surface area (Å²) in [6, 6.07) is 9.61. The summed E-state index contributed by atoms with van der Waals surface area (Å²) in [6.45, 7) is 0.416. The zero-order valence-corrected chi connectivity index (χ0v) is 11.8. The fourth-order valence-electron chi connectivity index (χ4n) is 1.76. The Labute approximate surface area is 112 Å². The van der Waals surface area contributed by atoms with Crippen LogP contribution in [0.4, 0.5) is 0 Å². The molecule has 1 N–H and O–H groups in total. The van der Waals surface area contributed by atoms with Gasteiger partial charge in [0, 0.05) is 20.8 Å². The third kappa shape index (κ3) is 1.95. The molecule has 2 aromatic rings. The van der Waals surface area contributed by atoms with E-state index in [1.54, 1.807) is 6.07 Å². The minimum absolute atomic E-state index is 0.416. The second kappa shape index (κ2) is 3.91. The Morgan fingerprint density at radius 3 is 2.59 bits per heavy atom. The molecule has 1 aliphatic heterocycles. The molecular formula is C11H8BrNO2S2. The van der Waals surface area contributed by atoms with E-state index >= 15 is 0 Å². The number of nitrogens with one attached hydrogen (secondary N) is 1. The van der Waals surface area contributed by atoms with Gasteiger partial charge in [0.2, 0.25) is 10.0 Å². The molecule has 0 atom stereocenters. The highest BCUT2D eigenvalue weighted by molar-refractivity contribution is 9.10. The first-order chi connectivity index (χ1) is 8.06. The molecular weight excluding hydrogens is 322 g/mol. The first kappa shape index (κ1) is 11.4. The van der Waals surface area contributed by atoms with Crippen molar-refractivity contribution in [2.24, 2.45) is 0 Å². The zero-order valence-electron chi connectivity index (χ0n) is 8.60. The first-order valence-electron chi connectivity index (χ1n) is 4.94. The molecule has 2 heterocycles. The van der Waals surface area contributed by atoms with Gasteiger partial charge in [-0.2, -0.15) is 0 Å². The molecule has 0 unspecified atom stereocenters. The normalized spacial score (nSPS) is 17.0. The minimum Gasteiger partial charge on any atom is -0.207 e. The van der Waals surface area contributed by atoms with E-state index < -0.39 is 10.0 Å². The molecule has 0 bridgehead atoms. The second-order valence-electron chi connectivity index (χ2n) is 3.73. The van der Waals surface area contributed by atoms with E-state index in [-0.39, 0.29) is 0 Å². The number of fused-ring (bicyclic) bond motifs is 1. The molecule has 0 radical (unpaired) electrons. The van der Waals surface area contributed by atoms with Crippen LogP contribution in [0.3, 0.4) is 0 Å². The van der Waals surface area contributed by atoms with Crippen LogP contribution in [0.5, 0.6) is 0 Å². The lowest BCUT2D eigenvalue weighted by atomic mass is 10.2. The van der Waals surface area contributed by atoms with Gasteiger partial charge in [-0.1, -0.05) is 28.1 Å². The summed E-state index contributed by atoms with van der Waals surface area (Å²) in [5.74, 6) is 0. The maximum absolute atomic E-state index is 11.6. The zero-order chi connectivity index (χ0) is 12.0. The fourth-order valence-corrected chi connectivity index (χ4v) is 4.78. The van der Waals surface area contributed by atoms with Crippen LogP contribution in [0.1, 0.15) is 4.88 Å². The predicted octanol–water partition coefficient (Wildman–Crippen LogP) is 2.97. The largest absolute Gasteiger partial charge is 0.242 e. The highest BCUT2D eigenvalue weighted by atomic mass is 79.9. The highest BCUT2D eigenvalue weighted by Gasteiger charge is 2.28. The van der Waals surface area contributed by atoms with Crippen molar-refractivity contribution in [2.45, 2.75) is 11.4 Å². The predicted molar refractivity (Wildman–Crippen MR) is 71.5 cm³/mol. The Hall–Kier alpha value is -0.690. The number of hydrogen-bond acceptors (Lipinski definition) is 3. The minimum atomic E-state index is -3.25. The number of thiophene rings is 1. The topological polar surface area (TPSA) is 46.2 Å². The van der Waals surface area contributed by atoms with Crippen molar-refractivity contribution in [3.05, 3.63) is 39.7 Å². The van der Waals surface area contributed by atoms with E-state index in [9.17, 15) is 8.42 Å². The highest BCUT2D eigenvalue weighted by Crippen LogP contribution is 2.37. The van der Waals surface area contributed by atoms with Gasteiger partial charge in [0.25, 0.3) is 0 Å². The van der Waals surface area contributed by atoms with Crippen molar-refractivity contribution in [2.75, 3.05) is 0 Å². The second-order valence-corrected chi connectivity index (χ2v) is 7.52. The van der Waals surface area contributed by atoms with Gasteiger partial charge in [-0.15, -0.1) is 11.3 Å². The Kier molecular flexibility index (Phi) is 2.62. The van der Waals surface area contributed by atoms with Crippen LogP contribution in [-0.4, -0.2) is 8.42 Å². The van der Waals surface area contributed by atoms with Gasteiger partial charge in [-0.3, -0.25) is 0 Å². The summed E-state index contributed by atoms with van der Waals surface area (Å²) in [5.41, 5.74) is 1.04. The number of benzene rings is 1. The summed E-state index contributed by atoms with van der Waals surface area (Å²) in [5, 5.41) is 0. The lowest BCUT2D eigenvalue weighted by molar-refractivity contribution is 0.589. The van der Waals surface area contributed by atoms with Gasteiger partial charge < -0.3 is 0 Å². The van der Waals surface area contributed by atoms with Gasteiger partial charge in [-0.25, -0.2) is 13.1 Å². The third-order valence-electron chi connectivity index (χ3n) is 2.61. The molecule has 3 nitrogen and oxygen atoms in total. The molecule has 0 saturated heterocycles. The van der Waals surface area contributed by atoms with E-state index in [0.29, 0.717) is 11.4 Å². The first-order valence-corrected chi connectivity index (χ1v) is 8.04. The van der Waals surface area contributed by atoms with E-state index in [4.69, 9.17) is 0 Å². The van der Waals surface area contributed by atoms with Crippen LogP contribution in [-0.2, 0) is 16.6 Å². The number of rotatable bonds is 1. The molecule has 0 amide bonds. The molecule has 0 spiro atoms. The van der Waals surface area contributed by atoms with Crippen LogP contribution in [0, 0.1) is 0 Å². The summed E-state index contributed by atoms with van der Waals surface area (Å²) in [4.78, 5) is 2.32. The van der Waals surface area contributed by atoms with Crippen LogP contribution in [0.15, 0.2) is 39.7 Å². The third-order valence-corrected chi connectivity index (χ3v) is 5.92. The van der Waals surface area contributed by atoms with Crippen molar-refractivity contribution in [3.63, 3.8) is 0 Å². The monoisotopic (exact) mass is 329 g/mol. The molecule has 1 aromatic carbocycles. The summed E-state index contributed by atoms with van der Waals surface area (Å²) in [6.07, 6.45) is 0. The number of hydrogen-bond donors (Lipinski definition) is 1. The smallest absolute Gasteiger partial charge is 0.207 e. The molecule has 3 rings (SSSR count). The quantitative estimate of drug-likeness (QED) is 0.874. The van der Waals surface area contributed by atoms with Crippen LogP contribution in [0.25, 0.3) is 10.4 Å². The van der Waals surface area contributed by atoms with Gasteiger partial charge >= 0.3 is 0 Å². The molecule has 0 fully saturated rings. The molecule has 0 saturated carbocycles. The molecule has 17 heavy (non-hydrogen) atoms. The number of sulfonamides is 1. The lowest BCUT2D eigenvalue weighted by Gasteiger charge is -1.98. The SMILES string of the molecule is O=S1(=O)NCc2sc(-c3ccc(Br)cc3)cc21. The van der Waals surface area contributed by atoms with Crippen LogP contribution >= 0.6 is 27.3 Å². The summed E-state index contributed by atoms with van der Waals surface area (Å²) in [7, 11) is -3.25. The van der Waals surface area contributed by atoms with Gasteiger partial charge in [-0.05, 0) is 23.8 Å². The Morgan fingerprint density at radius 2 is 1.94 bits per heavy atom. The fraction of sp³-hybridized carbons (Fsp3) is 0.0909. The van der Waals surface area contributed by atoms with Crippen molar-refractivity contribution >= 4 is 37.3 Å². The van der Waals surface area contributed by atoms with E-state index in [1.165, 1.54) is 11.3 Å². The van der Waals surface area contributed by atoms with Gasteiger partial charge in [0.15, 0.2) is 0 Å². The standard InChI is InChI=1S/C11H8BrNO2S2/c12-8-3-1-7(2-4-8)9-5-11-10(16-9)6-13-17(11,14)15/h1-5,13H,6H2. The molecule has 1 aliphatic rings. The average Bonchev–Trinajstić information content (AvgIpc) is 2.82. The molecule has 0 aliphatic carbocycles. The maximum Gasteiger partial charge on any atom is 0.242 e. The van der Waals surface area contributed by atoms with Crippen LogP contribution in [0.2, 0.25) is 0 Å². The van der Waals surface area contributed by atoms with Crippen LogP contribution < -0.4 is 4.72 Å². The van der Waals surface area contributed by atoms with E-state index in [0.717, 1.165) is 19.8 Å². The lowest BCUT2D eigenvalue weighted by Crippen LogP contribution is -2.13. The summed E-state index contributed by atoms with van der Waals surface area (Å²) >= 11 is 4.90. The van der Waals surface area contributed by atoms with Crippen molar-refractivity contribution in [3.8, 4) is 10.4 Å². The number of halogens is 1. The average molecular weight is 330 g/mol. The molecule has 6 heteroatoms. The van der Waals surface area contributed by atoms with Crippen molar-refractivity contribution < 1.29 is 8.42 Å². The summed E-state index contributed by atoms with van der Waals surface area (Å²) < 4.78 is 26.8. The Morgan fingerprint density at radius 1 is 1.24 bits per heavy atom. The Balaban J connectivity index is 2.10. The molecule has 1 aromatic heterocycles. The van der Waals surface area contributed by atoms with E-state index in [1.807, 2.05) is 24.3 Å².